The largest absolute Gasteiger partial charge is 0.489 e. The first-order chi connectivity index (χ1) is 7.45. The van der Waals surface area contributed by atoms with Crippen LogP contribution in [0.5, 0.6) is 0 Å². The van der Waals surface area contributed by atoms with E-state index in [9.17, 15) is 0 Å². The van der Waals surface area contributed by atoms with Gasteiger partial charge in [-0.3, -0.25) is 4.98 Å². The van der Waals surface area contributed by atoms with Crippen LogP contribution in [0.25, 0.3) is 22.2 Å². The second kappa shape index (κ2) is 5.76. The van der Waals surface area contributed by atoms with Gasteiger partial charge in [0.15, 0.2) is 0 Å². The summed E-state index contributed by atoms with van der Waals surface area (Å²) in [4.78, 5) is 4.14. The quantitative estimate of drug-likeness (QED) is 0.581. The zero-order valence-electron chi connectivity index (χ0n) is 9.31. The zero-order chi connectivity index (χ0) is 10.1. The average molecular weight is 401 g/mol. The van der Waals surface area contributed by atoms with Gasteiger partial charge in [-0.2, -0.15) is 0 Å². The number of fused-ring (bicyclic) bond motifs is 1. The minimum Gasteiger partial charge on any atom is -0.489 e. The van der Waals surface area contributed by atoms with Gasteiger partial charge in [0.25, 0.3) is 0 Å². The molecule has 3 rings (SSSR count). The average Bonchev–Trinajstić information content (AvgIpc) is 2.82. The molecule has 17 heavy (non-hydrogen) atoms. The van der Waals surface area contributed by atoms with Crippen molar-refractivity contribution in [3.05, 3.63) is 62.4 Å². The molecule has 3 aromatic rings. The minimum atomic E-state index is 0. The molecule has 0 N–H and O–H groups in total. The maximum Gasteiger partial charge on any atom is 0.141 e. The van der Waals surface area contributed by atoms with E-state index in [1.807, 2.05) is 30.3 Å². The molecule has 0 saturated carbocycles. The van der Waals surface area contributed by atoms with Gasteiger partial charge in [-0.05, 0) is 0 Å². The minimum absolute atomic E-state index is 0. The zero-order valence-corrected chi connectivity index (χ0v) is 11.7. The summed E-state index contributed by atoms with van der Waals surface area (Å²) in [7, 11) is 0. The normalized spacial score (nSPS) is 9.41. The molecule has 0 aliphatic rings. The Hall–Kier alpha value is -1.44. The Bertz CT molecular complexity index is 585. The van der Waals surface area contributed by atoms with E-state index in [4.69, 9.17) is 4.42 Å². The number of oxazole rings is 1. The van der Waals surface area contributed by atoms with Gasteiger partial charge in [-0.25, -0.2) is 0 Å². The number of hydrogen-bond acceptors (Lipinski definition) is 2. The first-order valence-corrected chi connectivity index (χ1v) is 4.74. The predicted octanol–water partition coefficient (Wildman–Crippen LogP) is 3.74. The second-order valence-corrected chi connectivity index (χ2v) is 3.28. The van der Waals surface area contributed by atoms with E-state index >= 15 is 0 Å². The Balaban J connectivity index is 0.000000722. The Morgan fingerprint density at radius 2 is 1.94 bits per heavy atom. The van der Waals surface area contributed by atoms with Crippen molar-refractivity contribution in [3.8, 4) is 11.5 Å². The molecule has 2 aromatic carbocycles. The molecule has 89 valence electrons. The van der Waals surface area contributed by atoms with Gasteiger partial charge in [-0.15, -0.1) is 23.6 Å². The van der Waals surface area contributed by atoms with E-state index in [2.05, 4.69) is 17.1 Å². The summed E-state index contributed by atoms with van der Waals surface area (Å²) >= 11 is 0. The van der Waals surface area contributed by atoms with E-state index in [1.54, 1.807) is 12.5 Å². The van der Waals surface area contributed by atoms with E-state index in [0.717, 1.165) is 10.9 Å². The van der Waals surface area contributed by atoms with Gasteiger partial charge in [0.05, 0.1) is 12.5 Å². The van der Waals surface area contributed by atoms with Crippen molar-refractivity contribution in [3.63, 3.8) is 0 Å². The van der Waals surface area contributed by atoms with Crippen LogP contribution >= 0.6 is 0 Å². The van der Waals surface area contributed by atoms with Crippen LogP contribution in [0.2, 0.25) is 0 Å². The van der Waals surface area contributed by atoms with E-state index in [0.29, 0.717) is 5.89 Å². The van der Waals surface area contributed by atoms with Gasteiger partial charge in [0.2, 0.25) is 0 Å². The Labute approximate surface area is 114 Å². The molecule has 0 aliphatic carbocycles. The summed E-state index contributed by atoms with van der Waals surface area (Å²) in [5, 5.41) is 2.28. The maximum absolute atomic E-state index is 5.29. The first-order valence-electron chi connectivity index (χ1n) is 4.74. The van der Waals surface area contributed by atoms with Crippen LogP contribution in [0.1, 0.15) is 0 Å². The van der Waals surface area contributed by atoms with Crippen LogP contribution in [-0.2, 0) is 20.1 Å². The molecule has 0 spiro atoms. The third-order valence-electron chi connectivity index (χ3n) is 2.37. The summed E-state index contributed by atoms with van der Waals surface area (Å²) < 4.78 is 5.29. The van der Waals surface area contributed by atoms with Crippen molar-refractivity contribution in [2.24, 2.45) is 0 Å². The van der Waals surface area contributed by atoms with E-state index < -0.39 is 0 Å². The summed E-state index contributed by atoms with van der Waals surface area (Å²) in [5.74, 6) is 0.617. The molecule has 3 heteroatoms. The number of rotatable bonds is 1. The first kappa shape index (κ1) is 13.6. The number of hydrogen-bond donors (Lipinski definition) is 0. The Morgan fingerprint density at radius 1 is 1.12 bits per heavy atom. The van der Waals surface area contributed by atoms with Crippen molar-refractivity contribution in [2.75, 3.05) is 0 Å². The molecular formula is C14H11IrNO-2. The molecule has 1 radical (unpaired) electrons. The van der Waals surface area contributed by atoms with Gasteiger partial charge in [-0.1, -0.05) is 35.2 Å². The molecule has 1 heterocycles. The summed E-state index contributed by atoms with van der Waals surface area (Å²) in [6.45, 7) is 0. The van der Waals surface area contributed by atoms with Crippen LogP contribution in [0.15, 0.2) is 53.3 Å². The smallest absolute Gasteiger partial charge is 0.141 e. The fourth-order valence-electron chi connectivity index (χ4n) is 1.69. The summed E-state index contributed by atoms with van der Waals surface area (Å²) in [6, 6.07) is 15.2. The van der Waals surface area contributed by atoms with Crippen LogP contribution in [0.4, 0.5) is 0 Å². The van der Waals surface area contributed by atoms with Crippen LogP contribution in [0, 0.1) is 13.5 Å². The fraction of sp³-hybridized carbons (Fsp3) is 0. The van der Waals surface area contributed by atoms with Crippen molar-refractivity contribution in [1.82, 2.24) is 4.98 Å². The topological polar surface area (TPSA) is 26.0 Å². The van der Waals surface area contributed by atoms with Gasteiger partial charge >= 0.3 is 0 Å². The van der Waals surface area contributed by atoms with E-state index in [1.165, 1.54) is 5.39 Å². The predicted molar refractivity (Wildman–Crippen MR) is 64.7 cm³/mol. The van der Waals surface area contributed by atoms with Crippen molar-refractivity contribution >= 4 is 10.8 Å². The summed E-state index contributed by atoms with van der Waals surface area (Å²) in [6.07, 6.45) is 3.22. The number of benzene rings is 2. The molecule has 0 bridgehead atoms. The monoisotopic (exact) mass is 402 g/mol. The molecule has 0 fully saturated rings. The molecule has 0 atom stereocenters. The molecule has 2 nitrogen and oxygen atoms in total. The SMILES string of the molecule is [CH3-].[Ir].[c-]1ccc2ccccc2c1-c1ncco1. The summed E-state index contributed by atoms with van der Waals surface area (Å²) in [5.41, 5.74) is 0.915. The fourth-order valence-corrected chi connectivity index (χ4v) is 1.69. The molecule has 0 amide bonds. The number of aromatic nitrogens is 1. The Morgan fingerprint density at radius 3 is 2.71 bits per heavy atom. The molecule has 0 aliphatic heterocycles. The van der Waals surface area contributed by atoms with Gasteiger partial charge < -0.3 is 11.8 Å². The van der Waals surface area contributed by atoms with Crippen LogP contribution in [-0.4, -0.2) is 4.98 Å². The second-order valence-electron chi connectivity index (χ2n) is 3.28. The van der Waals surface area contributed by atoms with Gasteiger partial charge in [0, 0.05) is 20.1 Å². The van der Waals surface area contributed by atoms with Crippen LogP contribution < -0.4 is 0 Å². The standard InChI is InChI=1S/C13H8NO.CH3.Ir/c1-2-6-11-10(4-1)5-3-7-12(11)13-14-8-9-15-13;;/h1-6,8-9H;1H3;/q2*-1;. The van der Waals surface area contributed by atoms with Crippen LogP contribution in [0.3, 0.4) is 0 Å². The molecule has 1 aromatic heterocycles. The van der Waals surface area contributed by atoms with Gasteiger partial charge in [0.1, 0.15) is 5.89 Å². The van der Waals surface area contributed by atoms with Crippen molar-refractivity contribution < 1.29 is 24.5 Å². The maximum atomic E-state index is 5.29. The molecule has 0 saturated heterocycles. The molecular weight excluding hydrogens is 390 g/mol. The third-order valence-corrected chi connectivity index (χ3v) is 2.37. The van der Waals surface area contributed by atoms with Crippen molar-refractivity contribution in [1.29, 1.82) is 0 Å². The molecule has 0 unspecified atom stereocenters. The third kappa shape index (κ3) is 2.46. The van der Waals surface area contributed by atoms with E-state index in [-0.39, 0.29) is 27.5 Å². The van der Waals surface area contributed by atoms with Crippen molar-refractivity contribution in [2.45, 2.75) is 0 Å². The Kier molecular flexibility index (Phi) is 4.62. The number of nitrogens with zero attached hydrogens (tertiary/aromatic N) is 1.